The van der Waals surface area contributed by atoms with E-state index >= 15 is 0 Å². The molecule has 0 saturated carbocycles. The highest BCUT2D eigenvalue weighted by Gasteiger charge is 2.37. The first-order valence-corrected chi connectivity index (χ1v) is 11.5. The molecule has 1 aliphatic rings. The smallest absolute Gasteiger partial charge is 0.269 e. The minimum Gasteiger partial charge on any atom is -0.482 e. The molecule has 3 aromatic rings. The monoisotopic (exact) mass is 531 g/mol. The van der Waals surface area contributed by atoms with Crippen LogP contribution in [0, 0.1) is 14.9 Å². The van der Waals surface area contributed by atoms with Gasteiger partial charge in [0.25, 0.3) is 11.6 Å². The Balaban J connectivity index is 1.67. The molecule has 1 N–H and O–H groups in total. The van der Waals surface area contributed by atoms with Gasteiger partial charge in [0.2, 0.25) is 4.77 Å². The number of nitrogens with zero attached hydrogens (tertiary/aromatic N) is 4. The molecule has 1 saturated heterocycles. The van der Waals surface area contributed by atoms with Crippen molar-refractivity contribution in [2.45, 2.75) is 12.0 Å². The summed E-state index contributed by atoms with van der Waals surface area (Å²) in [5.41, 5.74) is 0.502. The van der Waals surface area contributed by atoms with Crippen LogP contribution in [0.1, 0.15) is 16.8 Å². The number of carbonyl (C=O) groups is 1. The van der Waals surface area contributed by atoms with Crippen molar-refractivity contribution in [2.75, 3.05) is 10.8 Å². The molecule has 0 spiro atoms. The molecule has 0 bridgehead atoms. The van der Waals surface area contributed by atoms with Gasteiger partial charge in [-0.1, -0.05) is 46.9 Å². The molecule has 1 aromatic heterocycles. The Bertz CT molecular complexity index is 1260. The summed E-state index contributed by atoms with van der Waals surface area (Å²) in [7, 11) is 0. The van der Waals surface area contributed by atoms with Crippen molar-refractivity contribution < 1.29 is 14.5 Å². The van der Waals surface area contributed by atoms with Gasteiger partial charge in [0.1, 0.15) is 12.0 Å². The van der Waals surface area contributed by atoms with E-state index in [1.807, 2.05) is 0 Å². The van der Waals surface area contributed by atoms with Crippen molar-refractivity contribution in [3.05, 3.63) is 77.7 Å². The van der Waals surface area contributed by atoms with Gasteiger partial charge in [-0.05, 0) is 29.9 Å². The largest absolute Gasteiger partial charge is 0.482 e. The number of nitro benzene ring substituents is 1. The molecule has 9 nitrogen and oxygen atoms in total. The number of ether oxygens (including phenoxy) is 1. The zero-order valence-corrected chi connectivity index (χ0v) is 19.7. The number of non-ortho nitro benzene ring substituents is 1. The fourth-order valence-electron chi connectivity index (χ4n) is 3.11. The number of H-pyrrole nitrogens is 1. The number of thioether (sulfide) groups is 1. The highest BCUT2D eigenvalue weighted by molar-refractivity contribution is 8.00. The molecule has 1 amide bonds. The summed E-state index contributed by atoms with van der Waals surface area (Å²) in [5.74, 6) is 0.405. The Hall–Kier alpha value is -2.31. The molecule has 0 radical (unpaired) electrons. The van der Waals surface area contributed by atoms with E-state index in [4.69, 9.17) is 51.8 Å². The topological polar surface area (TPSA) is 106 Å². The van der Waals surface area contributed by atoms with E-state index in [0.29, 0.717) is 10.6 Å². The lowest BCUT2D eigenvalue weighted by atomic mass is 10.2. The molecule has 4 rings (SSSR count). The molecular formula is C18H12Cl3N5O4S2. The third kappa shape index (κ3) is 4.44. The van der Waals surface area contributed by atoms with Gasteiger partial charge in [-0.15, -0.1) is 11.8 Å². The summed E-state index contributed by atoms with van der Waals surface area (Å²) < 4.78 is 7.31. The molecule has 1 atom stereocenters. The lowest BCUT2D eigenvalue weighted by Crippen LogP contribution is -2.39. The summed E-state index contributed by atoms with van der Waals surface area (Å²) in [6, 6.07) is 9.07. The zero-order chi connectivity index (χ0) is 23.0. The van der Waals surface area contributed by atoms with Crippen molar-refractivity contribution in [2.24, 2.45) is 0 Å². The van der Waals surface area contributed by atoms with Gasteiger partial charge in [-0.25, -0.2) is 9.69 Å². The summed E-state index contributed by atoms with van der Waals surface area (Å²) in [6.07, 6.45) is 0. The number of nitro groups is 1. The standard InChI is InChI=1S/C18H12Cl3N5O4S2/c19-10-5-12(20)16(13(21)6-10)30-7-14-22-23-18(31)24(14)25-15(27)8-32-17(25)9-2-1-3-11(4-9)26(28)29/h1-6,17H,7-8H2,(H,23,31). The Morgan fingerprint density at radius 3 is 2.69 bits per heavy atom. The van der Waals surface area contributed by atoms with E-state index < -0.39 is 10.3 Å². The number of nitrogens with one attached hydrogen (secondary N) is 1. The highest BCUT2D eigenvalue weighted by atomic mass is 35.5. The first-order valence-electron chi connectivity index (χ1n) is 8.88. The average Bonchev–Trinajstić information content (AvgIpc) is 3.29. The number of rotatable bonds is 6. The van der Waals surface area contributed by atoms with Gasteiger partial charge in [-0.3, -0.25) is 20.0 Å². The molecule has 1 unspecified atom stereocenters. The number of benzene rings is 2. The Morgan fingerprint density at radius 2 is 2.00 bits per heavy atom. The van der Waals surface area contributed by atoms with Crippen molar-refractivity contribution in [1.82, 2.24) is 14.9 Å². The number of hydrogen-bond donors (Lipinski definition) is 1. The molecule has 32 heavy (non-hydrogen) atoms. The lowest BCUT2D eigenvalue weighted by molar-refractivity contribution is -0.384. The fourth-order valence-corrected chi connectivity index (χ4v) is 5.40. The third-order valence-corrected chi connectivity index (χ3v) is 6.70. The normalized spacial score (nSPS) is 15.9. The number of aromatic nitrogens is 3. The van der Waals surface area contributed by atoms with Crippen LogP contribution in [0.5, 0.6) is 5.75 Å². The van der Waals surface area contributed by atoms with E-state index in [1.54, 1.807) is 12.1 Å². The number of aromatic amines is 1. The van der Waals surface area contributed by atoms with E-state index in [2.05, 4.69) is 10.2 Å². The molecule has 0 aliphatic carbocycles. The Labute approximate surface area is 205 Å². The first kappa shape index (κ1) is 22.9. The van der Waals surface area contributed by atoms with Crippen LogP contribution in [0.4, 0.5) is 5.69 Å². The van der Waals surface area contributed by atoms with E-state index in [0.717, 1.165) is 0 Å². The molecule has 166 valence electrons. The van der Waals surface area contributed by atoms with Crippen molar-refractivity contribution in [3.8, 4) is 5.75 Å². The van der Waals surface area contributed by atoms with Gasteiger partial charge in [0.05, 0.1) is 20.7 Å². The predicted molar refractivity (Wildman–Crippen MR) is 125 cm³/mol. The minimum atomic E-state index is -0.548. The predicted octanol–water partition coefficient (Wildman–Crippen LogP) is 5.30. The molecule has 14 heteroatoms. The molecule has 2 heterocycles. The highest BCUT2D eigenvalue weighted by Crippen LogP contribution is 2.39. The second kappa shape index (κ2) is 9.28. The van der Waals surface area contributed by atoms with Crippen LogP contribution in [0.3, 0.4) is 0 Å². The summed E-state index contributed by atoms with van der Waals surface area (Å²) in [5, 5.41) is 19.6. The van der Waals surface area contributed by atoms with Gasteiger partial charge in [0, 0.05) is 17.2 Å². The van der Waals surface area contributed by atoms with E-state index in [-0.39, 0.29) is 50.3 Å². The number of halogens is 3. The van der Waals surface area contributed by atoms with Gasteiger partial charge < -0.3 is 4.74 Å². The second-order valence-electron chi connectivity index (χ2n) is 6.50. The Kier molecular flexibility index (Phi) is 6.63. The number of hydrogen-bond acceptors (Lipinski definition) is 7. The van der Waals surface area contributed by atoms with E-state index in [1.165, 1.54) is 45.7 Å². The summed E-state index contributed by atoms with van der Waals surface area (Å²) >= 11 is 24.9. The summed E-state index contributed by atoms with van der Waals surface area (Å²) in [6.45, 7) is -0.121. The molecular weight excluding hydrogens is 521 g/mol. The number of amides is 1. The quantitative estimate of drug-likeness (QED) is 0.261. The van der Waals surface area contributed by atoms with Crippen molar-refractivity contribution >= 4 is 70.4 Å². The van der Waals surface area contributed by atoms with Crippen LogP contribution in [-0.2, 0) is 11.4 Å². The van der Waals surface area contributed by atoms with Gasteiger partial charge in [-0.2, -0.15) is 5.10 Å². The maximum atomic E-state index is 12.8. The summed E-state index contributed by atoms with van der Waals surface area (Å²) in [4.78, 5) is 23.5. The lowest BCUT2D eigenvalue weighted by Gasteiger charge is -2.25. The minimum absolute atomic E-state index is 0.0752. The number of carbonyl (C=O) groups excluding carboxylic acids is 1. The zero-order valence-electron chi connectivity index (χ0n) is 15.8. The van der Waals surface area contributed by atoms with Crippen molar-refractivity contribution in [1.29, 1.82) is 0 Å². The SMILES string of the molecule is O=C1CSC(c2cccc([N+](=O)[O-])c2)N1n1c(COc2c(Cl)cc(Cl)cc2Cl)n[nH]c1=S. The van der Waals surface area contributed by atoms with Crippen LogP contribution in [0.2, 0.25) is 15.1 Å². The average molecular weight is 533 g/mol. The first-order chi connectivity index (χ1) is 15.3. The van der Waals surface area contributed by atoms with Crippen molar-refractivity contribution in [3.63, 3.8) is 0 Å². The van der Waals surface area contributed by atoms with Gasteiger partial charge >= 0.3 is 0 Å². The second-order valence-corrected chi connectivity index (χ2v) is 9.20. The third-order valence-electron chi connectivity index (χ3n) is 4.45. The van der Waals surface area contributed by atoms with Crippen LogP contribution in [0.15, 0.2) is 36.4 Å². The molecule has 2 aromatic carbocycles. The fraction of sp³-hybridized carbons (Fsp3) is 0.167. The van der Waals surface area contributed by atoms with Crippen LogP contribution >= 0.6 is 58.8 Å². The Morgan fingerprint density at radius 1 is 1.28 bits per heavy atom. The maximum absolute atomic E-state index is 12.8. The molecule has 1 aliphatic heterocycles. The molecule has 1 fully saturated rings. The van der Waals surface area contributed by atoms with Gasteiger partial charge in [0.15, 0.2) is 11.6 Å². The van der Waals surface area contributed by atoms with Crippen LogP contribution < -0.4 is 9.75 Å². The maximum Gasteiger partial charge on any atom is 0.269 e. The van der Waals surface area contributed by atoms with E-state index in [9.17, 15) is 14.9 Å². The van der Waals surface area contributed by atoms with Crippen LogP contribution in [-0.4, -0.2) is 31.5 Å². The van der Waals surface area contributed by atoms with Crippen LogP contribution in [0.25, 0.3) is 0 Å².